The normalized spacial score (nSPS) is 22.4. The molecule has 1 saturated carbocycles. The van der Waals surface area contributed by atoms with E-state index in [2.05, 4.69) is 48.1 Å². The molecule has 3 rings (SSSR count). The summed E-state index contributed by atoms with van der Waals surface area (Å²) in [7, 11) is 4.39. The lowest BCUT2D eigenvalue weighted by Gasteiger charge is -2.32. The summed E-state index contributed by atoms with van der Waals surface area (Å²) in [5.41, 5.74) is 1.32. The molecule has 0 amide bonds. The van der Waals surface area contributed by atoms with Gasteiger partial charge >= 0.3 is 0 Å². The Labute approximate surface area is 137 Å². The van der Waals surface area contributed by atoms with Crippen molar-refractivity contribution in [1.29, 1.82) is 0 Å². The summed E-state index contributed by atoms with van der Waals surface area (Å²) >= 11 is 1.76. The van der Waals surface area contributed by atoms with Crippen molar-refractivity contribution >= 4 is 27.4 Å². The third kappa shape index (κ3) is 3.10. The molecule has 1 N–H and O–H groups in total. The van der Waals surface area contributed by atoms with Gasteiger partial charge in [0, 0.05) is 17.5 Å². The molecular weight excluding hydrogens is 292 g/mol. The first-order chi connectivity index (χ1) is 10.6. The van der Waals surface area contributed by atoms with Gasteiger partial charge in [-0.1, -0.05) is 0 Å². The van der Waals surface area contributed by atoms with E-state index in [0.717, 1.165) is 29.2 Å². The minimum Gasteiger partial charge on any atom is -0.369 e. The van der Waals surface area contributed by atoms with Crippen molar-refractivity contribution in [3.8, 4) is 0 Å². The van der Waals surface area contributed by atoms with Crippen molar-refractivity contribution in [2.45, 2.75) is 45.6 Å². The predicted molar refractivity (Wildman–Crippen MR) is 94.8 cm³/mol. The molecule has 0 aromatic carbocycles. The standard InChI is InChI=1S/C17H26N4S/c1-11-12(2)22-17-15(11)16(19-10-20-17)18-9-13-5-7-14(8-6-13)21(3)4/h10,13-14H,5-9H2,1-4H3,(H,18,19,20). The van der Waals surface area contributed by atoms with Gasteiger partial charge in [-0.25, -0.2) is 9.97 Å². The van der Waals surface area contributed by atoms with Crippen molar-refractivity contribution in [3.63, 3.8) is 0 Å². The second-order valence-corrected chi connectivity index (χ2v) is 7.91. The maximum Gasteiger partial charge on any atom is 0.138 e. The third-order valence-corrected chi connectivity index (χ3v) is 6.19. The second kappa shape index (κ2) is 6.50. The molecule has 1 aliphatic rings. The van der Waals surface area contributed by atoms with Crippen LogP contribution in [0.15, 0.2) is 6.33 Å². The molecule has 2 aromatic rings. The van der Waals surface area contributed by atoms with E-state index < -0.39 is 0 Å². The van der Waals surface area contributed by atoms with Gasteiger partial charge in [0.05, 0.1) is 5.39 Å². The third-order valence-electron chi connectivity index (χ3n) is 5.07. The summed E-state index contributed by atoms with van der Waals surface area (Å²) in [5.74, 6) is 1.78. The van der Waals surface area contributed by atoms with E-state index >= 15 is 0 Å². The fourth-order valence-corrected chi connectivity index (χ4v) is 4.42. The number of rotatable bonds is 4. The van der Waals surface area contributed by atoms with E-state index in [1.54, 1.807) is 17.7 Å². The highest BCUT2D eigenvalue weighted by molar-refractivity contribution is 7.18. The van der Waals surface area contributed by atoms with Crippen LogP contribution >= 0.6 is 11.3 Å². The average Bonchev–Trinajstić information content (AvgIpc) is 2.81. The number of hydrogen-bond donors (Lipinski definition) is 1. The lowest BCUT2D eigenvalue weighted by atomic mass is 9.85. The van der Waals surface area contributed by atoms with E-state index in [4.69, 9.17) is 0 Å². The number of hydrogen-bond acceptors (Lipinski definition) is 5. The molecule has 4 nitrogen and oxygen atoms in total. The molecule has 22 heavy (non-hydrogen) atoms. The summed E-state index contributed by atoms with van der Waals surface area (Å²) in [5, 5.41) is 4.81. The zero-order chi connectivity index (χ0) is 15.7. The fraction of sp³-hybridized carbons (Fsp3) is 0.647. The molecule has 0 unspecified atom stereocenters. The summed E-state index contributed by atoms with van der Waals surface area (Å²) < 4.78 is 0. The van der Waals surface area contributed by atoms with Crippen LogP contribution in [0.4, 0.5) is 5.82 Å². The first-order valence-corrected chi connectivity index (χ1v) is 8.99. The molecule has 0 bridgehead atoms. The molecular formula is C17H26N4S. The van der Waals surface area contributed by atoms with Crippen molar-refractivity contribution < 1.29 is 0 Å². The van der Waals surface area contributed by atoms with Gasteiger partial charge in [-0.05, 0) is 65.1 Å². The number of aromatic nitrogens is 2. The lowest BCUT2D eigenvalue weighted by molar-refractivity contribution is 0.198. The zero-order valence-corrected chi connectivity index (χ0v) is 14.8. The van der Waals surface area contributed by atoms with Crippen LogP contribution in [0.5, 0.6) is 0 Å². The number of nitrogens with zero attached hydrogens (tertiary/aromatic N) is 3. The van der Waals surface area contributed by atoms with Crippen LogP contribution in [-0.4, -0.2) is 41.5 Å². The Kier molecular flexibility index (Phi) is 4.64. The van der Waals surface area contributed by atoms with Gasteiger partial charge in [0.2, 0.25) is 0 Å². The Morgan fingerprint density at radius 2 is 1.91 bits per heavy atom. The number of nitrogens with one attached hydrogen (secondary N) is 1. The molecule has 5 heteroatoms. The van der Waals surface area contributed by atoms with E-state index in [1.165, 1.54) is 41.5 Å². The quantitative estimate of drug-likeness (QED) is 0.930. The molecule has 1 fully saturated rings. The summed E-state index contributed by atoms with van der Waals surface area (Å²) in [6.07, 6.45) is 6.94. The minimum atomic E-state index is 0.765. The molecule has 2 aromatic heterocycles. The van der Waals surface area contributed by atoms with Gasteiger partial charge in [-0.2, -0.15) is 0 Å². The maximum atomic E-state index is 4.48. The van der Waals surface area contributed by atoms with Crippen LogP contribution in [-0.2, 0) is 0 Å². The maximum absolute atomic E-state index is 4.48. The highest BCUT2D eigenvalue weighted by atomic mass is 32.1. The first-order valence-electron chi connectivity index (χ1n) is 8.17. The van der Waals surface area contributed by atoms with Crippen molar-refractivity contribution in [2.75, 3.05) is 26.0 Å². The van der Waals surface area contributed by atoms with Crippen LogP contribution < -0.4 is 5.32 Å². The van der Waals surface area contributed by atoms with Gasteiger partial charge in [-0.3, -0.25) is 0 Å². The second-order valence-electron chi connectivity index (χ2n) is 6.70. The molecule has 0 aliphatic heterocycles. The van der Waals surface area contributed by atoms with Gasteiger partial charge in [-0.15, -0.1) is 11.3 Å². The monoisotopic (exact) mass is 318 g/mol. The first kappa shape index (κ1) is 15.7. The summed E-state index contributed by atoms with van der Waals surface area (Å²) in [4.78, 5) is 13.7. The number of aryl methyl sites for hydroxylation is 2. The van der Waals surface area contributed by atoms with E-state index in [0.29, 0.717) is 0 Å². The summed E-state index contributed by atoms with van der Waals surface area (Å²) in [6.45, 7) is 5.36. The number of thiophene rings is 1. The largest absolute Gasteiger partial charge is 0.369 e. The topological polar surface area (TPSA) is 41.1 Å². The van der Waals surface area contributed by atoms with Crippen LogP contribution in [0.3, 0.4) is 0 Å². The molecule has 0 radical (unpaired) electrons. The van der Waals surface area contributed by atoms with Gasteiger partial charge in [0.15, 0.2) is 0 Å². The smallest absolute Gasteiger partial charge is 0.138 e. The van der Waals surface area contributed by atoms with Crippen LogP contribution in [0, 0.1) is 19.8 Å². The van der Waals surface area contributed by atoms with Crippen molar-refractivity contribution in [2.24, 2.45) is 5.92 Å². The van der Waals surface area contributed by atoms with E-state index in [1.807, 2.05) is 0 Å². The minimum absolute atomic E-state index is 0.765. The molecule has 2 heterocycles. The predicted octanol–water partition coefficient (Wildman–Crippen LogP) is 3.84. The summed E-state index contributed by atoms with van der Waals surface area (Å²) in [6, 6.07) is 0.767. The van der Waals surface area contributed by atoms with Gasteiger partial charge in [0.25, 0.3) is 0 Å². The van der Waals surface area contributed by atoms with Gasteiger partial charge < -0.3 is 10.2 Å². The molecule has 0 saturated heterocycles. The van der Waals surface area contributed by atoms with Crippen LogP contribution in [0.2, 0.25) is 0 Å². The van der Waals surface area contributed by atoms with Gasteiger partial charge in [0.1, 0.15) is 17.0 Å². The average molecular weight is 318 g/mol. The van der Waals surface area contributed by atoms with E-state index in [9.17, 15) is 0 Å². The Bertz CT molecular complexity index is 641. The Balaban J connectivity index is 1.65. The molecule has 120 valence electrons. The molecule has 0 atom stereocenters. The fourth-order valence-electron chi connectivity index (χ4n) is 3.42. The number of fused-ring (bicyclic) bond motifs is 1. The Morgan fingerprint density at radius 3 is 2.59 bits per heavy atom. The SMILES string of the molecule is Cc1sc2ncnc(NCC3CCC(N(C)C)CC3)c2c1C. The lowest BCUT2D eigenvalue weighted by Crippen LogP contribution is -2.33. The number of anilines is 1. The molecule has 0 spiro atoms. The van der Waals surface area contributed by atoms with E-state index in [-0.39, 0.29) is 0 Å². The highest BCUT2D eigenvalue weighted by Crippen LogP contribution is 2.33. The highest BCUT2D eigenvalue weighted by Gasteiger charge is 2.22. The Hall–Kier alpha value is -1.20. The van der Waals surface area contributed by atoms with Crippen LogP contribution in [0.25, 0.3) is 10.2 Å². The Morgan fingerprint density at radius 1 is 1.18 bits per heavy atom. The van der Waals surface area contributed by atoms with Crippen LogP contribution in [0.1, 0.15) is 36.1 Å². The van der Waals surface area contributed by atoms with Crippen molar-refractivity contribution in [1.82, 2.24) is 14.9 Å². The molecule has 1 aliphatic carbocycles. The van der Waals surface area contributed by atoms with Crippen molar-refractivity contribution in [3.05, 3.63) is 16.8 Å². The zero-order valence-electron chi connectivity index (χ0n) is 14.0.